The molecule has 2 rings (SSSR count). The van der Waals surface area contributed by atoms with Crippen molar-refractivity contribution in [2.45, 2.75) is 40.2 Å². The van der Waals surface area contributed by atoms with E-state index in [-0.39, 0.29) is 17.9 Å². The van der Waals surface area contributed by atoms with Gasteiger partial charge in [-0.05, 0) is 37.0 Å². The molecule has 1 fully saturated rings. The molecule has 122 valence electrons. The summed E-state index contributed by atoms with van der Waals surface area (Å²) in [6.07, 6.45) is 0.940. The molecular weight excluding hydrogens is 274 g/mol. The third-order valence-electron chi connectivity index (χ3n) is 5.05. The number of rotatable bonds is 4. The lowest BCUT2D eigenvalue weighted by molar-refractivity contribution is -0.134. The lowest BCUT2D eigenvalue weighted by Crippen LogP contribution is -2.54. The average Bonchev–Trinajstić information content (AvgIpc) is 2.55. The molecule has 0 radical (unpaired) electrons. The van der Waals surface area contributed by atoms with E-state index in [0.29, 0.717) is 0 Å². The van der Waals surface area contributed by atoms with Crippen LogP contribution in [0.2, 0.25) is 0 Å². The first-order valence-electron chi connectivity index (χ1n) is 8.31. The SMILES string of the molecule is CCC(C)[C@H](N)C(=O)N1CCN(c2cccc(C)c2C)CC1. The highest BCUT2D eigenvalue weighted by molar-refractivity contribution is 5.82. The first-order valence-corrected chi connectivity index (χ1v) is 8.31. The van der Waals surface area contributed by atoms with E-state index in [9.17, 15) is 4.79 Å². The number of amides is 1. The van der Waals surface area contributed by atoms with Gasteiger partial charge in [-0.15, -0.1) is 0 Å². The average molecular weight is 303 g/mol. The van der Waals surface area contributed by atoms with E-state index < -0.39 is 0 Å². The van der Waals surface area contributed by atoms with Crippen molar-refractivity contribution in [3.8, 4) is 0 Å². The molecule has 2 N–H and O–H groups in total. The highest BCUT2D eigenvalue weighted by atomic mass is 16.2. The molecule has 1 aliphatic rings. The van der Waals surface area contributed by atoms with Crippen molar-refractivity contribution >= 4 is 11.6 Å². The molecule has 4 heteroatoms. The van der Waals surface area contributed by atoms with E-state index in [1.807, 2.05) is 4.90 Å². The van der Waals surface area contributed by atoms with E-state index in [4.69, 9.17) is 5.73 Å². The number of nitrogens with zero attached hydrogens (tertiary/aromatic N) is 2. The van der Waals surface area contributed by atoms with Gasteiger partial charge in [0, 0.05) is 31.9 Å². The van der Waals surface area contributed by atoms with Crippen LogP contribution in [0.3, 0.4) is 0 Å². The Labute approximate surface area is 134 Å². The van der Waals surface area contributed by atoms with E-state index in [1.54, 1.807) is 0 Å². The normalized spacial score (nSPS) is 18.2. The van der Waals surface area contributed by atoms with Crippen molar-refractivity contribution in [3.05, 3.63) is 29.3 Å². The number of hydrogen-bond donors (Lipinski definition) is 1. The molecule has 1 aliphatic heterocycles. The van der Waals surface area contributed by atoms with Crippen LogP contribution in [0.5, 0.6) is 0 Å². The first-order chi connectivity index (χ1) is 10.5. The summed E-state index contributed by atoms with van der Waals surface area (Å²) in [5, 5.41) is 0. The zero-order valence-corrected chi connectivity index (χ0v) is 14.3. The Morgan fingerprint density at radius 1 is 1.23 bits per heavy atom. The molecule has 0 aliphatic carbocycles. The highest BCUT2D eigenvalue weighted by Gasteiger charge is 2.28. The Balaban J connectivity index is 1.98. The fraction of sp³-hybridized carbons (Fsp3) is 0.611. The summed E-state index contributed by atoms with van der Waals surface area (Å²) in [4.78, 5) is 16.7. The van der Waals surface area contributed by atoms with Crippen LogP contribution in [0.25, 0.3) is 0 Å². The Kier molecular flexibility index (Phi) is 5.46. The maximum absolute atomic E-state index is 12.4. The Bertz CT molecular complexity index is 521. The minimum absolute atomic E-state index is 0.106. The predicted molar refractivity (Wildman–Crippen MR) is 92.1 cm³/mol. The topological polar surface area (TPSA) is 49.6 Å². The van der Waals surface area contributed by atoms with Gasteiger partial charge in [0.15, 0.2) is 0 Å². The van der Waals surface area contributed by atoms with Gasteiger partial charge in [-0.2, -0.15) is 0 Å². The summed E-state index contributed by atoms with van der Waals surface area (Å²) in [5.74, 6) is 0.347. The second kappa shape index (κ2) is 7.14. The maximum Gasteiger partial charge on any atom is 0.239 e. The molecule has 1 unspecified atom stereocenters. The summed E-state index contributed by atoms with van der Waals surface area (Å²) >= 11 is 0. The van der Waals surface area contributed by atoms with Gasteiger partial charge in [-0.25, -0.2) is 0 Å². The second-order valence-electron chi connectivity index (χ2n) is 6.44. The minimum Gasteiger partial charge on any atom is -0.368 e. The number of carbonyl (C=O) groups excluding carboxylic acids is 1. The van der Waals surface area contributed by atoms with Crippen LogP contribution in [0.15, 0.2) is 18.2 Å². The zero-order chi connectivity index (χ0) is 16.3. The van der Waals surface area contributed by atoms with Gasteiger partial charge in [-0.1, -0.05) is 32.4 Å². The van der Waals surface area contributed by atoms with Crippen molar-refractivity contribution in [3.63, 3.8) is 0 Å². The zero-order valence-electron chi connectivity index (χ0n) is 14.3. The van der Waals surface area contributed by atoms with Crippen LogP contribution < -0.4 is 10.6 Å². The molecule has 22 heavy (non-hydrogen) atoms. The van der Waals surface area contributed by atoms with Crippen molar-refractivity contribution < 1.29 is 4.79 Å². The van der Waals surface area contributed by atoms with Crippen molar-refractivity contribution in [2.75, 3.05) is 31.1 Å². The van der Waals surface area contributed by atoms with Gasteiger partial charge in [0.2, 0.25) is 5.91 Å². The van der Waals surface area contributed by atoms with E-state index in [0.717, 1.165) is 32.6 Å². The highest BCUT2D eigenvalue weighted by Crippen LogP contribution is 2.24. The molecule has 1 aromatic rings. The number of benzene rings is 1. The number of nitrogens with two attached hydrogens (primary N) is 1. The third kappa shape index (κ3) is 3.43. The summed E-state index contributed by atoms with van der Waals surface area (Å²) < 4.78 is 0. The Hall–Kier alpha value is -1.55. The van der Waals surface area contributed by atoms with Gasteiger partial charge >= 0.3 is 0 Å². The molecule has 2 atom stereocenters. The fourth-order valence-corrected chi connectivity index (χ4v) is 2.95. The monoisotopic (exact) mass is 303 g/mol. The van der Waals surface area contributed by atoms with Crippen molar-refractivity contribution in [2.24, 2.45) is 11.7 Å². The Morgan fingerprint density at radius 2 is 1.86 bits per heavy atom. The van der Waals surface area contributed by atoms with Crippen LogP contribution in [0.4, 0.5) is 5.69 Å². The van der Waals surface area contributed by atoms with Crippen LogP contribution in [0, 0.1) is 19.8 Å². The molecule has 0 aromatic heterocycles. The molecule has 4 nitrogen and oxygen atoms in total. The summed E-state index contributed by atoms with van der Waals surface area (Å²) in [6.45, 7) is 11.7. The van der Waals surface area contributed by atoms with Crippen LogP contribution in [0.1, 0.15) is 31.4 Å². The van der Waals surface area contributed by atoms with Gasteiger partial charge in [-0.3, -0.25) is 4.79 Å². The second-order valence-corrected chi connectivity index (χ2v) is 6.44. The number of piperazine rings is 1. The molecule has 0 saturated carbocycles. The van der Waals surface area contributed by atoms with E-state index >= 15 is 0 Å². The number of aryl methyl sites for hydroxylation is 1. The number of carbonyl (C=O) groups is 1. The molecule has 1 heterocycles. The quantitative estimate of drug-likeness (QED) is 0.929. The number of anilines is 1. The lowest BCUT2D eigenvalue weighted by atomic mass is 9.98. The predicted octanol–water partition coefficient (Wildman–Crippen LogP) is 2.33. The van der Waals surface area contributed by atoms with Crippen molar-refractivity contribution in [1.82, 2.24) is 4.90 Å². The van der Waals surface area contributed by atoms with E-state index in [1.165, 1.54) is 16.8 Å². The van der Waals surface area contributed by atoms with Gasteiger partial charge < -0.3 is 15.5 Å². The smallest absolute Gasteiger partial charge is 0.239 e. The Morgan fingerprint density at radius 3 is 2.45 bits per heavy atom. The fourth-order valence-electron chi connectivity index (χ4n) is 2.95. The first kappa shape index (κ1) is 16.8. The van der Waals surface area contributed by atoms with Crippen molar-refractivity contribution in [1.29, 1.82) is 0 Å². The largest absolute Gasteiger partial charge is 0.368 e. The summed E-state index contributed by atoms with van der Waals surface area (Å²) in [6, 6.07) is 6.06. The van der Waals surface area contributed by atoms with E-state index in [2.05, 4.69) is 50.8 Å². The molecule has 1 saturated heterocycles. The number of hydrogen-bond acceptors (Lipinski definition) is 3. The summed E-state index contributed by atoms with van der Waals surface area (Å²) in [5.41, 5.74) is 10.0. The standard InChI is InChI=1S/C18H29N3O/c1-5-13(2)17(19)18(22)21-11-9-20(10-12-21)16-8-6-7-14(3)15(16)4/h6-8,13,17H,5,9-12,19H2,1-4H3/t13?,17-/m0/s1. The molecule has 1 aromatic carbocycles. The van der Waals surface area contributed by atoms with Gasteiger partial charge in [0.25, 0.3) is 0 Å². The van der Waals surface area contributed by atoms with Crippen LogP contribution >= 0.6 is 0 Å². The lowest BCUT2D eigenvalue weighted by Gasteiger charge is -2.38. The molecule has 0 bridgehead atoms. The molecular formula is C18H29N3O. The van der Waals surface area contributed by atoms with Crippen LogP contribution in [-0.2, 0) is 4.79 Å². The van der Waals surface area contributed by atoms with Gasteiger partial charge in [0.05, 0.1) is 6.04 Å². The third-order valence-corrected chi connectivity index (χ3v) is 5.05. The minimum atomic E-state index is -0.364. The maximum atomic E-state index is 12.4. The van der Waals surface area contributed by atoms with Gasteiger partial charge in [0.1, 0.15) is 0 Å². The molecule has 1 amide bonds. The molecule has 0 spiro atoms. The van der Waals surface area contributed by atoms with Crippen LogP contribution in [-0.4, -0.2) is 43.0 Å². The summed E-state index contributed by atoms with van der Waals surface area (Å²) in [7, 11) is 0.